The van der Waals surface area contributed by atoms with Crippen LogP contribution in [0.2, 0.25) is 0 Å². The van der Waals surface area contributed by atoms with Crippen LogP contribution in [0.4, 0.5) is 11.6 Å². The zero-order valence-electron chi connectivity index (χ0n) is 10.6. The van der Waals surface area contributed by atoms with Crippen molar-refractivity contribution in [1.29, 1.82) is 0 Å². The van der Waals surface area contributed by atoms with Gasteiger partial charge in [0.15, 0.2) is 0 Å². The maximum atomic E-state index is 5.86. The summed E-state index contributed by atoms with van der Waals surface area (Å²) in [5.41, 5.74) is 6.89. The fourth-order valence-corrected chi connectivity index (χ4v) is 2.25. The average Bonchev–Trinajstić information content (AvgIpc) is 2.32. The molecule has 1 aliphatic heterocycles. The quantitative estimate of drug-likeness (QED) is 0.822. The first-order chi connectivity index (χ1) is 8.20. The van der Waals surface area contributed by atoms with Crippen LogP contribution in [0.25, 0.3) is 0 Å². The summed E-state index contributed by atoms with van der Waals surface area (Å²) >= 11 is 0. The Morgan fingerprint density at radius 1 is 1.41 bits per heavy atom. The Labute approximate surface area is 102 Å². The summed E-state index contributed by atoms with van der Waals surface area (Å²) in [6.07, 6.45) is 4.71. The number of nitrogens with one attached hydrogen (secondary N) is 1. The van der Waals surface area contributed by atoms with Gasteiger partial charge in [0.05, 0.1) is 0 Å². The second-order valence-electron chi connectivity index (χ2n) is 4.66. The number of aromatic nitrogens is 2. The summed E-state index contributed by atoms with van der Waals surface area (Å²) in [6.45, 7) is 4.36. The minimum atomic E-state index is 0.505. The van der Waals surface area contributed by atoms with Gasteiger partial charge in [-0.1, -0.05) is 6.92 Å². The molecule has 0 radical (unpaired) electrons. The van der Waals surface area contributed by atoms with E-state index < -0.39 is 0 Å². The topological polar surface area (TPSA) is 67.1 Å². The van der Waals surface area contributed by atoms with Gasteiger partial charge in [0.1, 0.15) is 18.0 Å². The highest BCUT2D eigenvalue weighted by Gasteiger charge is 2.18. The van der Waals surface area contributed by atoms with Crippen LogP contribution in [-0.2, 0) is 6.42 Å². The van der Waals surface area contributed by atoms with E-state index in [4.69, 9.17) is 5.73 Å². The molecule has 0 saturated carbocycles. The van der Waals surface area contributed by atoms with E-state index in [1.54, 1.807) is 0 Å². The lowest BCUT2D eigenvalue weighted by Crippen LogP contribution is -2.37. The lowest BCUT2D eigenvalue weighted by molar-refractivity contribution is 0.263. The Bertz CT molecular complexity index is 371. The lowest BCUT2D eigenvalue weighted by Gasteiger charge is -2.30. The van der Waals surface area contributed by atoms with E-state index in [1.807, 2.05) is 0 Å². The van der Waals surface area contributed by atoms with Gasteiger partial charge in [-0.2, -0.15) is 0 Å². The molecule has 0 atom stereocenters. The molecule has 0 amide bonds. The van der Waals surface area contributed by atoms with Crippen molar-refractivity contribution in [3.63, 3.8) is 0 Å². The molecule has 5 heteroatoms. The number of nitrogens with zero attached hydrogens (tertiary/aromatic N) is 3. The van der Waals surface area contributed by atoms with Crippen molar-refractivity contribution in [2.45, 2.75) is 32.2 Å². The van der Waals surface area contributed by atoms with Gasteiger partial charge in [0.2, 0.25) is 0 Å². The molecule has 5 nitrogen and oxygen atoms in total. The molecule has 0 spiro atoms. The molecule has 0 aromatic carbocycles. The van der Waals surface area contributed by atoms with Crippen LogP contribution in [0, 0.1) is 0 Å². The van der Waals surface area contributed by atoms with E-state index >= 15 is 0 Å². The molecule has 0 unspecified atom stereocenters. The zero-order chi connectivity index (χ0) is 12.3. The van der Waals surface area contributed by atoms with Crippen molar-refractivity contribution in [2.24, 2.45) is 0 Å². The van der Waals surface area contributed by atoms with Gasteiger partial charge in [-0.05, 0) is 39.4 Å². The maximum absolute atomic E-state index is 5.86. The van der Waals surface area contributed by atoms with E-state index in [0.717, 1.165) is 43.7 Å². The van der Waals surface area contributed by atoms with E-state index in [0.29, 0.717) is 11.9 Å². The smallest absolute Gasteiger partial charge is 0.134 e. The van der Waals surface area contributed by atoms with Gasteiger partial charge in [-0.25, -0.2) is 9.97 Å². The van der Waals surface area contributed by atoms with Gasteiger partial charge < -0.3 is 16.0 Å². The Kier molecular flexibility index (Phi) is 3.78. The molecule has 17 heavy (non-hydrogen) atoms. The number of nitrogen functional groups attached to an aromatic ring is 1. The third kappa shape index (κ3) is 2.85. The molecule has 1 aromatic rings. The minimum absolute atomic E-state index is 0.505. The first-order valence-electron chi connectivity index (χ1n) is 6.25. The van der Waals surface area contributed by atoms with Crippen molar-refractivity contribution in [1.82, 2.24) is 14.9 Å². The standard InChI is InChI=1S/C12H21N5/c1-3-10-11(13)14-8-15-12(10)16-9-4-6-17(2)7-5-9/h8-9H,3-7H2,1-2H3,(H3,13,14,15,16). The fourth-order valence-electron chi connectivity index (χ4n) is 2.25. The molecule has 1 aromatic heterocycles. The number of rotatable bonds is 3. The molecule has 2 heterocycles. The van der Waals surface area contributed by atoms with Gasteiger partial charge in [0.25, 0.3) is 0 Å². The first-order valence-corrected chi connectivity index (χ1v) is 6.25. The molecule has 3 N–H and O–H groups in total. The van der Waals surface area contributed by atoms with Crippen LogP contribution in [0.15, 0.2) is 6.33 Å². The average molecular weight is 235 g/mol. The monoisotopic (exact) mass is 235 g/mol. The van der Waals surface area contributed by atoms with Crippen LogP contribution in [0.5, 0.6) is 0 Å². The third-order valence-electron chi connectivity index (χ3n) is 3.39. The van der Waals surface area contributed by atoms with Gasteiger partial charge in [-0.3, -0.25) is 0 Å². The zero-order valence-corrected chi connectivity index (χ0v) is 10.6. The molecule has 1 fully saturated rings. The number of nitrogens with two attached hydrogens (primary N) is 1. The SMILES string of the molecule is CCc1c(N)ncnc1NC1CCN(C)CC1. The van der Waals surface area contributed by atoms with Crippen molar-refractivity contribution in [3.8, 4) is 0 Å². The van der Waals surface area contributed by atoms with Crippen LogP contribution in [0.1, 0.15) is 25.3 Å². The van der Waals surface area contributed by atoms with Crippen LogP contribution in [0.3, 0.4) is 0 Å². The number of anilines is 2. The van der Waals surface area contributed by atoms with E-state index in [1.165, 1.54) is 6.33 Å². The van der Waals surface area contributed by atoms with Gasteiger partial charge in [0, 0.05) is 11.6 Å². The maximum Gasteiger partial charge on any atom is 0.134 e. The molecule has 0 aliphatic carbocycles. The molecule has 0 bridgehead atoms. The van der Waals surface area contributed by atoms with Crippen molar-refractivity contribution in [2.75, 3.05) is 31.2 Å². The third-order valence-corrected chi connectivity index (χ3v) is 3.39. The number of likely N-dealkylation sites (tertiary alicyclic amines) is 1. The minimum Gasteiger partial charge on any atom is -0.383 e. The van der Waals surface area contributed by atoms with Crippen LogP contribution in [-0.4, -0.2) is 41.0 Å². The molecule has 94 valence electrons. The lowest BCUT2D eigenvalue weighted by atomic mass is 10.1. The summed E-state index contributed by atoms with van der Waals surface area (Å²) in [7, 11) is 2.16. The number of hydrogen-bond donors (Lipinski definition) is 2. The van der Waals surface area contributed by atoms with E-state index in [-0.39, 0.29) is 0 Å². The van der Waals surface area contributed by atoms with Gasteiger partial charge >= 0.3 is 0 Å². The largest absolute Gasteiger partial charge is 0.383 e. The second-order valence-corrected chi connectivity index (χ2v) is 4.66. The Hall–Kier alpha value is -1.36. The molecule has 1 aliphatic rings. The summed E-state index contributed by atoms with van der Waals surface area (Å²) in [5.74, 6) is 1.51. The number of piperidine rings is 1. The Morgan fingerprint density at radius 2 is 2.12 bits per heavy atom. The normalized spacial score (nSPS) is 18.2. The molecular formula is C12H21N5. The van der Waals surface area contributed by atoms with E-state index in [2.05, 4.69) is 34.2 Å². The highest BCUT2D eigenvalue weighted by Crippen LogP contribution is 2.21. The Balaban J connectivity index is 2.05. The molecule has 2 rings (SSSR count). The summed E-state index contributed by atoms with van der Waals surface area (Å²) in [6, 6.07) is 0.505. The van der Waals surface area contributed by atoms with Gasteiger partial charge in [-0.15, -0.1) is 0 Å². The second kappa shape index (κ2) is 5.31. The molecule has 1 saturated heterocycles. The summed E-state index contributed by atoms with van der Waals surface area (Å²) in [4.78, 5) is 10.7. The predicted molar refractivity (Wildman–Crippen MR) is 70.0 cm³/mol. The molecular weight excluding hydrogens is 214 g/mol. The van der Waals surface area contributed by atoms with E-state index in [9.17, 15) is 0 Å². The first kappa shape index (κ1) is 12.1. The highest BCUT2D eigenvalue weighted by atomic mass is 15.1. The predicted octanol–water partition coefficient (Wildman–Crippen LogP) is 1.13. The van der Waals surface area contributed by atoms with Crippen molar-refractivity contribution >= 4 is 11.6 Å². The summed E-state index contributed by atoms with van der Waals surface area (Å²) < 4.78 is 0. The number of hydrogen-bond acceptors (Lipinski definition) is 5. The van der Waals surface area contributed by atoms with Crippen molar-refractivity contribution < 1.29 is 0 Å². The summed E-state index contributed by atoms with van der Waals surface area (Å²) in [5, 5.41) is 3.50. The Morgan fingerprint density at radius 3 is 2.76 bits per heavy atom. The highest BCUT2D eigenvalue weighted by molar-refractivity contribution is 5.55. The fraction of sp³-hybridized carbons (Fsp3) is 0.667. The van der Waals surface area contributed by atoms with Crippen LogP contribution < -0.4 is 11.1 Å². The van der Waals surface area contributed by atoms with Crippen LogP contribution >= 0.6 is 0 Å². The van der Waals surface area contributed by atoms with Crippen molar-refractivity contribution in [3.05, 3.63) is 11.9 Å².